The molecule has 0 spiro atoms. The fourth-order valence-corrected chi connectivity index (χ4v) is 3.91. The molecule has 1 aliphatic carbocycles. The Morgan fingerprint density at radius 2 is 1.88 bits per heavy atom. The molecule has 0 atom stereocenters. The number of hydrogen-bond acceptors (Lipinski definition) is 5. The molecule has 3 aromatic rings. The Morgan fingerprint density at radius 1 is 1.04 bits per heavy atom. The molecule has 26 heavy (non-hydrogen) atoms. The molecule has 3 heterocycles. The van der Waals surface area contributed by atoms with Crippen LogP contribution in [0.15, 0.2) is 36.7 Å². The third-order valence-electron chi connectivity index (χ3n) is 5.53. The highest BCUT2D eigenvalue weighted by Gasteiger charge is 2.31. The number of piperidine rings is 1. The Kier molecular flexibility index (Phi) is 3.59. The van der Waals surface area contributed by atoms with Gasteiger partial charge in [-0.15, -0.1) is 10.2 Å². The molecule has 0 bridgehead atoms. The van der Waals surface area contributed by atoms with E-state index in [4.69, 9.17) is 10.2 Å². The fraction of sp³-hybridized carbons (Fsp3) is 0.400. The van der Waals surface area contributed by atoms with Crippen LogP contribution >= 0.6 is 0 Å². The molecule has 0 unspecified atom stereocenters. The first-order chi connectivity index (χ1) is 12.8. The van der Waals surface area contributed by atoms with E-state index in [2.05, 4.69) is 37.9 Å². The van der Waals surface area contributed by atoms with Gasteiger partial charge in [0.25, 0.3) is 0 Å². The van der Waals surface area contributed by atoms with E-state index in [9.17, 15) is 0 Å². The summed E-state index contributed by atoms with van der Waals surface area (Å²) in [4.78, 5) is 7.15. The molecular weight excluding hydrogens is 324 g/mol. The van der Waals surface area contributed by atoms with Crippen molar-refractivity contribution >= 4 is 16.7 Å². The molecule has 0 radical (unpaired) electrons. The van der Waals surface area contributed by atoms with E-state index in [1.807, 2.05) is 24.5 Å². The maximum Gasteiger partial charge on any atom is 0.136 e. The van der Waals surface area contributed by atoms with Crippen molar-refractivity contribution in [2.24, 2.45) is 0 Å². The number of nitrogens with zero attached hydrogens (tertiary/aromatic N) is 6. The van der Waals surface area contributed by atoms with Crippen molar-refractivity contribution < 1.29 is 0 Å². The predicted octanol–water partition coefficient (Wildman–Crippen LogP) is 3.42. The van der Waals surface area contributed by atoms with Crippen molar-refractivity contribution in [1.82, 2.24) is 19.7 Å². The lowest BCUT2D eigenvalue weighted by Gasteiger charge is -2.32. The smallest absolute Gasteiger partial charge is 0.136 e. The van der Waals surface area contributed by atoms with E-state index in [-0.39, 0.29) is 0 Å². The normalized spacial score (nSPS) is 18.2. The molecule has 2 aromatic heterocycles. The van der Waals surface area contributed by atoms with Crippen LogP contribution in [-0.2, 0) is 0 Å². The zero-order valence-corrected chi connectivity index (χ0v) is 14.5. The minimum absolute atomic E-state index is 0.494. The molecule has 6 nitrogen and oxygen atoms in total. The summed E-state index contributed by atoms with van der Waals surface area (Å²) >= 11 is 0. The summed E-state index contributed by atoms with van der Waals surface area (Å²) in [6.45, 7) is 1.97. The minimum atomic E-state index is 0.494. The van der Waals surface area contributed by atoms with Gasteiger partial charge < -0.3 is 9.47 Å². The average molecular weight is 344 g/mol. The largest absolute Gasteiger partial charge is 0.357 e. The molecule has 5 rings (SSSR count). The van der Waals surface area contributed by atoms with Crippen molar-refractivity contribution in [3.8, 4) is 6.07 Å². The van der Waals surface area contributed by atoms with Crippen LogP contribution in [0.5, 0.6) is 0 Å². The summed E-state index contributed by atoms with van der Waals surface area (Å²) in [5.41, 5.74) is 1.62. The summed E-state index contributed by atoms with van der Waals surface area (Å²) < 4.78 is 2.29. The Balaban J connectivity index is 1.32. The number of pyridine rings is 1. The van der Waals surface area contributed by atoms with Crippen molar-refractivity contribution in [2.75, 3.05) is 18.0 Å². The number of benzene rings is 1. The topological polar surface area (TPSA) is 70.6 Å². The number of anilines is 1. The second-order valence-electron chi connectivity index (χ2n) is 7.28. The monoisotopic (exact) mass is 344 g/mol. The molecule has 1 aliphatic heterocycles. The molecular formula is C20H20N6. The molecule has 2 fully saturated rings. The summed E-state index contributed by atoms with van der Waals surface area (Å²) in [5.74, 6) is 2.68. The Bertz CT molecular complexity index is 989. The van der Waals surface area contributed by atoms with Gasteiger partial charge in [0.2, 0.25) is 0 Å². The second kappa shape index (κ2) is 6.10. The average Bonchev–Trinajstić information content (AvgIpc) is 3.43. The van der Waals surface area contributed by atoms with Crippen LogP contribution in [0.2, 0.25) is 0 Å². The highest BCUT2D eigenvalue weighted by molar-refractivity contribution is 5.81. The number of fused-ring (bicyclic) bond motifs is 1. The van der Waals surface area contributed by atoms with Gasteiger partial charge in [0, 0.05) is 30.4 Å². The molecule has 0 amide bonds. The summed E-state index contributed by atoms with van der Waals surface area (Å²) in [6.07, 6.45) is 6.59. The lowest BCUT2D eigenvalue weighted by atomic mass is 9.96. The zero-order valence-electron chi connectivity index (χ0n) is 14.5. The predicted molar refractivity (Wildman–Crippen MR) is 98.9 cm³/mol. The molecule has 1 aromatic carbocycles. The van der Waals surface area contributed by atoms with Crippen LogP contribution in [-0.4, -0.2) is 32.8 Å². The second-order valence-corrected chi connectivity index (χ2v) is 7.28. The van der Waals surface area contributed by atoms with Gasteiger partial charge >= 0.3 is 0 Å². The zero-order chi connectivity index (χ0) is 17.5. The number of rotatable bonds is 3. The standard InChI is InChI=1S/C20H20N6/c21-12-14-1-5-18-16(11-14)2-6-19(23-18)25-9-7-15(8-10-25)20-24-22-13-26(20)17-3-4-17/h1-2,5-6,11,13,15,17H,3-4,7-10H2. The van der Waals surface area contributed by atoms with Crippen molar-refractivity contribution in [3.05, 3.63) is 48.0 Å². The summed E-state index contributed by atoms with van der Waals surface area (Å²) in [7, 11) is 0. The highest BCUT2D eigenvalue weighted by Crippen LogP contribution is 2.38. The van der Waals surface area contributed by atoms with Gasteiger partial charge in [0.05, 0.1) is 17.1 Å². The number of hydrogen-bond donors (Lipinski definition) is 0. The Morgan fingerprint density at radius 3 is 2.65 bits per heavy atom. The van der Waals surface area contributed by atoms with Gasteiger partial charge in [-0.1, -0.05) is 0 Å². The van der Waals surface area contributed by atoms with Gasteiger partial charge in [-0.2, -0.15) is 5.26 Å². The highest BCUT2D eigenvalue weighted by atomic mass is 15.3. The summed E-state index contributed by atoms with van der Waals surface area (Å²) in [6, 6.07) is 12.6. The quantitative estimate of drug-likeness (QED) is 0.728. The summed E-state index contributed by atoms with van der Waals surface area (Å²) in [5, 5.41) is 18.6. The van der Waals surface area contributed by atoms with E-state index in [1.165, 1.54) is 18.7 Å². The van der Waals surface area contributed by atoms with E-state index in [0.717, 1.165) is 42.7 Å². The SMILES string of the molecule is N#Cc1ccc2nc(N3CCC(c4nncn4C4CC4)CC3)ccc2c1. The molecule has 2 aliphatic rings. The van der Waals surface area contributed by atoms with Crippen molar-refractivity contribution in [1.29, 1.82) is 5.26 Å². The lowest BCUT2D eigenvalue weighted by Crippen LogP contribution is -2.34. The first-order valence-electron chi connectivity index (χ1n) is 9.27. The molecule has 130 valence electrons. The Labute approximate surface area is 152 Å². The molecule has 1 saturated carbocycles. The van der Waals surface area contributed by atoms with Crippen molar-refractivity contribution in [2.45, 2.75) is 37.6 Å². The maximum absolute atomic E-state index is 9.03. The first kappa shape index (κ1) is 15.3. The molecule has 6 heteroatoms. The molecule has 0 N–H and O–H groups in total. The van der Waals surface area contributed by atoms with Crippen molar-refractivity contribution in [3.63, 3.8) is 0 Å². The van der Waals surface area contributed by atoms with E-state index >= 15 is 0 Å². The van der Waals surface area contributed by atoms with Crippen LogP contribution in [0.25, 0.3) is 10.9 Å². The van der Waals surface area contributed by atoms with E-state index in [1.54, 1.807) is 0 Å². The first-order valence-corrected chi connectivity index (χ1v) is 9.27. The van der Waals surface area contributed by atoms with Gasteiger partial charge in [0.1, 0.15) is 18.0 Å². The van der Waals surface area contributed by atoms with Crippen LogP contribution < -0.4 is 4.90 Å². The number of aromatic nitrogens is 4. The molecule has 1 saturated heterocycles. The van der Waals surface area contributed by atoms with Gasteiger partial charge in [-0.3, -0.25) is 0 Å². The third-order valence-corrected chi connectivity index (χ3v) is 5.53. The minimum Gasteiger partial charge on any atom is -0.357 e. The van der Waals surface area contributed by atoms with E-state index in [0.29, 0.717) is 17.5 Å². The van der Waals surface area contributed by atoms with Crippen LogP contribution in [0.1, 0.15) is 49.0 Å². The van der Waals surface area contributed by atoms with Crippen LogP contribution in [0.4, 0.5) is 5.82 Å². The maximum atomic E-state index is 9.03. The fourth-order valence-electron chi connectivity index (χ4n) is 3.91. The van der Waals surface area contributed by atoms with Gasteiger partial charge in [0.15, 0.2) is 0 Å². The van der Waals surface area contributed by atoms with Crippen LogP contribution in [0, 0.1) is 11.3 Å². The third kappa shape index (κ3) is 2.70. The van der Waals surface area contributed by atoms with E-state index < -0.39 is 0 Å². The Hall–Kier alpha value is -2.94. The number of nitriles is 1. The van der Waals surface area contributed by atoms with Gasteiger partial charge in [-0.25, -0.2) is 4.98 Å². The lowest BCUT2D eigenvalue weighted by molar-refractivity contribution is 0.463. The van der Waals surface area contributed by atoms with Crippen LogP contribution in [0.3, 0.4) is 0 Å². The van der Waals surface area contributed by atoms with Gasteiger partial charge in [-0.05, 0) is 56.0 Å².